The second-order valence-corrected chi connectivity index (χ2v) is 7.64. The number of nitrogens with zero attached hydrogens (tertiary/aromatic N) is 2. The number of rotatable bonds is 5. The normalized spacial score (nSPS) is 15.1. The van der Waals surface area contributed by atoms with Gasteiger partial charge in [-0.15, -0.1) is 0 Å². The van der Waals surface area contributed by atoms with E-state index < -0.39 is 11.8 Å². The molecule has 4 rings (SSSR count). The molecule has 1 aliphatic rings. The van der Waals surface area contributed by atoms with Gasteiger partial charge in [0.15, 0.2) is 11.3 Å². The van der Waals surface area contributed by atoms with Gasteiger partial charge < -0.3 is 19.8 Å². The molecule has 2 aromatic carbocycles. The first kappa shape index (κ1) is 21.4. The highest BCUT2D eigenvalue weighted by atomic mass is 16.5. The number of amides is 1. The number of aryl methyl sites for hydroxylation is 1. The lowest BCUT2D eigenvalue weighted by atomic mass is 10.0. The van der Waals surface area contributed by atoms with Crippen molar-refractivity contribution in [3.8, 4) is 17.2 Å². The van der Waals surface area contributed by atoms with Gasteiger partial charge in [-0.25, -0.2) is 4.79 Å². The highest BCUT2D eigenvalue weighted by Crippen LogP contribution is 2.24. The maximum absolute atomic E-state index is 12.5. The molecule has 1 amide bonds. The second-order valence-electron chi connectivity index (χ2n) is 7.64. The Labute approximate surface area is 185 Å². The standard InChI is InChI=1S/C24H24N4O4/c1-28-20-14-18(7-8-21(20)32-24(28)30)17-5-3-16(4-6-17)13-19(15-25)27-23(29)22-9-11-26-10-2-12-31-22/h3-9,14,19,26H,2,10-13H2,1H3,(H,27,29)/t19-/m1/s1. The van der Waals surface area contributed by atoms with Crippen LogP contribution in [-0.4, -0.2) is 36.2 Å². The third-order valence-electron chi connectivity index (χ3n) is 5.39. The van der Waals surface area contributed by atoms with Crippen LogP contribution in [0.5, 0.6) is 0 Å². The summed E-state index contributed by atoms with van der Waals surface area (Å²) in [6.07, 6.45) is 2.90. The summed E-state index contributed by atoms with van der Waals surface area (Å²) in [4.78, 5) is 24.2. The average Bonchev–Trinajstić information content (AvgIpc) is 3.06. The Kier molecular flexibility index (Phi) is 6.38. The molecule has 1 aliphatic heterocycles. The molecule has 0 radical (unpaired) electrons. The second kappa shape index (κ2) is 9.54. The Balaban J connectivity index is 1.44. The van der Waals surface area contributed by atoms with Crippen LogP contribution in [0.25, 0.3) is 22.2 Å². The monoisotopic (exact) mass is 432 g/mol. The molecule has 2 N–H and O–H groups in total. The molecule has 0 saturated heterocycles. The van der Waals surface area contributed by atoms with Crippen LogP contribution in [-0.2, 0) is 23.0 Å². The predicted octanol–water partition coefficient (Wildman–Crippen LogP) is 2.24. The number of benzene rings is 2. The fourth-order valence-corrected chi connectivity index (χ4v) is 3.60. The summed E-state index contributed by atoms with van der Waals surface area (Å²) in [7, 11) is 1.67. The lowest BCUT2D eigenvalue weighted by Crippen LogP contribution is -2.37. The quantitative estimate of drug-likeness (QED) is 0.640. The Hall–Kier alpha value is -3.83. The SMILES string of the molecule is Cn1c(=O)oc2ccc(-c3ccc(C[C@H](C#N)NC(=O)C4=CCNCCCO4)cc3)cc21. The molecule has 0 unspecified atom stereocenters. The molecule has 8 heteroatoms. The molecule has 8 nitrogen and oxygen atoms in total. The van der Waals surface area contributed by atoms with E-state index in [-0.39, 0.29) is 11.7 Å². The van der Waals surface area contributed by atoms with Crippen LogP contribution in [0.1, 0.15) is 12.0 Å². The Bertz CT molecular complexity index is 1250. The average molecular weight is 432 g/mol. The van der Waals surface area contributed by atoms with Gasteiger partial charge in [-0.2, -0.15) is 5.26 Å². The molecular weight excluding hydrogens is 408 g/mol. The first-order valence-electron chi connectivity index (χ1n) is 10.5. The molecule has 0 spiro atoms. The third kappa shape index (κ3) is 4.74. The van der Waals surface area contributed by atoms with E-state index in [4.69, 9.17) is 9.15 Å². The largest absolute Gasteiger partial charge is 0.488 e. The van der Waals surface area contributed by atoms with E-state index in [2.05, 4.69) is 16.7 Å². The number of ether oxygens (including phenoxy) is 1. The summed E-state index contributed by atoms with van der Waals surface area (Å²) in [6.45, 7) is 1.86. The first-order valence-corrected chi connectivity index (χ1v) is 10.5. The Morgan fingerprint density at radius 3 is 2.81 bits per heavy atom. The van der Waals surface area contributed by atoms with Crippen molar-refractivity contribution in [1.82, 2.24) is 15.2 Å². The summed E-state index contributed by atoms with van der Waals surface area (Å²) < 4.78 is 12.2. The fraction of sp³-hybridized carbons (Fsp3) is 0.292. The Morgan fingerprint density at radius 2 is 2.03 bits per heavy atom. The number of carbonyl (C=O) groups is 1. The van der Waals surface area contributed by atoms with Gasteiger partial charge in [0.25, 0.3) is 5.91 Å². The zero-order valence-electron chi connectivity index (χ0n) is 17.8. The van der Waals surface area contributed by atoms with Crippen molar-refractivity contribution in [2.45, 2.75) is 18.9 Å². The van der Waals surface area contributed by atoms with Crippen LogP contribution in [0, 0.1) is 11.3 Å². The third-order valence-corrected chi connectivity index (χ3v) is 5.39. The number of hydrogen-bond donors (Lipinski definition) is 2. The van der Waals surface area contributed by atoms with Crippen molar-refractivity contribution in [3.05, 3.63) is 70.4 Å². The van der Waals surface area contributed by atoms with E-state index in [0.717, 1.165) is 35.2 Å². The topological polar surface area (TPSA) is 109 Å². The zero-order chi connectivity index (χ0) is 22.5. The number of nitrogens with one attached hydrogen (secondary N) is 2. The van der Waals surface area contributed by atoms with Gasteiger partial charge in [0.2, 0.25) is 0 Å². The molecule has 164 valence electrons. The Morgan fingerprint density at radius 1 is 1.25 bits per heavy atom. The lowest BCUT2D eigenvalue weighted by molar-refractivity contribution is -0.121. The van der Waals surface area contributed by atoms with Gasteiger partial charge in [-0.1, -0.05) is 30.3 Å². The minimum absolute atomic E-state index is 0.247. The van der Waals surface area contributed by atoms with Crippen molar-refractivity contribution in [2.24, 2.45) is 7.05 Å². The van der Waals surface area contributed by atoms with Crippen molar-refractivity contribution in [1.29, 1.82) is 5.26 Å². The van der Waals surface area contributed by atoms with Crippen molar-refractivity contribution in [2.75, 3.05) is 19.7 Å². The molecule has 1 aromatic heterocycles. The van der Waals surface area contributed by atoms with Crippen LogP contribution in [0.2, 0.25) is 0 Å². The van der Waals surface area contributed by atoms with Gasteiger partial charge in [-0.3, -0.25) is 9.36 Å². The molecule has 3 aromatic rings. The maximum Gasteiger partial charge on any atom is 0.419 e. The number of hydrogen-bond acceptors (Lipinski definition) is 6. The molecule has 1 atom stereocenters. The van der Waals surface area contributed by atoms with E-state index in [1.165, 1.54) is 4.57 Å². The summed E-state index contributed by atoms with van der Waals surface area (Å²) in [5, 5.41) is 15.5. The van der Waals surface area contributed by atoms with Crippen molar-refractivity contribution in [3.63, 3.8) is 0 Å². The number of aromatic nitrogens is 1. The van der Waals surface area contributed by atoms with Crippen LogP contribution in [0.3, 0.4) is 0 Å². The molecule has 0 fully saturated rings. The van der Waals surface area contributed by atoms with Gasteiger partial charge in [0.1, 0.15) is 6.04 Å². The van der Waals surface area contributed by atoms with Crippen molar-refractivity contribution >= 4 is 17.0 Å². The van der Waals surface area contributed by atoms with E-state index in [0.29, 0.717) is 25.2 Å². The summed E-state index contributed by atoms with van der Waals surface area (Å²) >= 11 is 0. The molecule has 0 saturated carbocycles. The highest BCUT2D eigenvalue weighted by molar-refractivity contribution is 5.91. The number of carbonyl (C=O) groups excluding carboxylic acids is 1. The summed E-state index contributed by atoms with van der Waals surface area (Å²) in [5.41, 5.74) is 4.12. The van der Waals surface area contributed by atoms with Crippen LogP contribution >= 0.6 is 0 Å². The van der Waals surface area contributed by atoms with E-state index in [1.807, 2.05) is 36.4 Å². The smallest absolute Gasteiger partial charge is 0.419 e. The van der Waals surface area contributed by atoms with Gasteiger partial charge in [0.05, 0.1) is 18.2 Å². The maximum atomic E-state index is 12.5. The van der Waals surface area contributed by atoms with E-state index in [1.54, 1.807) is 19.2 Å². The number of fused-ring (bicyclic) bond motifs is 1. The van der Waals surface area contributed by atoms with Crippen LogP contribution in [0.4, 0.5) is 0 Å². The summed E-state index contributed by atoms with van der Waals surface area (Å²) in [6, 6.07) is 14.8. The predicted molar refractivity (Wildman–Crippen MR) is 120 cm³/mol. The minimum atomic E-state index is -0.673. The molecular formula is C24H24N4O4. The summed E-state index contributed by atoms with van der Waals surface area (Å²) in [5.74, 6) is -0.526. The minimum Gasteiger partial charge on any atom is -0.488 e. The number of nitriles is 1. The lowest BCUT2D eigenvalue weighted by Gasteiger charge is -2.16. The van der Waals surface area contributed by atoms with Crippen LogP contribution < -0.4 is 16.4 Å². The van der Waals surface area contributed by atoms with Gasteiger partial charge in [-0.05, 0) is 47.9 Å². The first-order chi connectivity index (χ1) is 15.5. The molecule has 0 aliphatic carbocycles. The van der Waals surface area contributed by atoms with E-state index in [9.17, 15) is 14.9 Å². The van der Waals surface area contributed by atoms with E-state index >= 15 is 0 Å². The highest BCUT2D eigenvalue weighted by Gasteiger charge is 2.18. The molecule has 2 heterocycles. The van der Waals surface area contributed by atoms with Gasteiger partial charge in [0, 0.05) is 20.0 Å². The fourth-order valence-electron chi connectivity index (χ4n) is 3.60. The van der Waals surface area contributed by atoms with Crippen molar-refractivity contribution < 1.29 is 13.9 Å². The number of oxazole rings is 1. The van der Waals surface area contributed by atoms with Gasteiger partial charge >= 0.3 is 5.76 Å². The molecule has 32 heavy (non-hydrogen) atoms. The molecule has 0 bridgehead atoms. The zero-order valence-corrected chi connectivity index (χ0v) is 17.8. The van der Waals surface area contributed by atoms with Crippen LogP contribution in [0.15, 0.2) is 63.5 Å².